The molecule has 0 aromatic carbocycles. The highest BCUT2D eigenvalue weighted by molar-refractivity contribution is 5.18. The Balaban J connectivity index is 2.17. The average Bonchev–Trinajstić information content (AvgIpc) is 2.62. The van der Waals surface area contributed by atoms with Crippen LogP contribution in [0.3, 0.4) is 0 Å². The summed E-state index contributed by atoms with van der Waals surface area (Å²) < 4.78 is 1.82. The van der Waals surface area contributed by atoms with Crippen molar-refractivity contribution in [3.63, 3.8) is 0 Å². The van der Waals surface area contributed by atoms with E-state index in [-0.39, 0.29) is 0 Å². The molecule has 0 radical (unpaired) electrons. The van der Waals surface area contributed by atoms with E-state index in [0.29, 0.717) is 17.9 Å². The maximum absolute atomic E-state index is 5.84. The molecule has 1 heterocycles. The monoisotopic (exact) mass is 208 g/mol. The zero-order valence-electron chi connectivity index (χ0n) is 9.61. The van der Waals surface area contributed by atoms with Crippen LogP contribution >= 0.6 is 0 Å². The van der Waals surface area contributed by atoms with E-state index in [1.165, 1.54) is 32.1 Å². The Morgan fingerprint density at radius 3 is 2.47 bits per heavy atom. The molecule has 1 saturated carbocycles. The van der Waals surface area contributed by atoms with E-state index in [4.69, 9.17) is 5.73 Å². The molecule has 1 aromatic heterocycles. The van der Waals surface area contributed by atoms with E-state index >= 15 is 0 Å². The third-order valence-electron chi connectivity index (χ3n) is 3.13. The Labute approximate surface area is 90.9 Å². The minimum atomic E-state index is 0.301. The summed E-state index contributed by atoms with van der Waals surface area (Å²) in [5.41, 5.74) is 5.84. The standard InChI is InChI=1S/C11H20N4/c1-8(2)15-11(12)13-10(14-15)9-6-4-3-5-7-9/h8-9H,3-7H2,1-2H3,(H2,12,13,14). The quantitative estimate of drug-likeness (QED) is 0.812. The summed E-state index contributed by atoms with van der Waals surface area (Å²) in [6.45, 7) is 4.16. The molecule has 4 nitrogen and oxygen atoms in total. The van der Waals surface area contributed by atoms with Gasteiger partial charge >= 0.3 is 0 Å². The summed E-state index contributed by atoms with van der Waals surface area (Å²) in [4.78, 5) is 4.39. The number of aromatic nitrogens is 3. The van der Waals surface area contributed by atoms with Gasteiger partial charge in [0.25, 0.3) is 0 Å². The van der Waals surface area contributed by atoms with Gasteiger partial charge in [0.1, 0.15) is 0 Å². The highest BCUT2D eigenvalue weighted by Crippen LogP contribution is 2.31. The molecule has 0 unspecified atom stereocenters. The van der Waals surface area contributed by atoms with Gasteiger partial charge in [0.15, 0.2) is 5.82 Å². The first-order valence-corrected chi connectivity index (χ1v) is 5.90. The SMILES string of the molecule is CC(C)n1nc(C2CCCCC2)nc1N. The number of anilines is 1. The van der Waals surface area contributed by atoms with Gasteiger partial charge in [0.05, 0.1) is 6.04 Å². The number of nitrogens with zero attached hydrogens (tertiary/aromatic N) is 3. The van der Waals surface area contributed by atoms with Crippen LogP contribution in [0.15, 0.2) is 0 Å². The Kier molecular flexibility index (Phi) is 2.93. The fourth-order valence-electron chi connectivity index (χ4n) is 2.27. The van der Waals surface area contributed by atoms with E-state index in [2.05, 4.69) is 23.9 Å². The molecule has 0 aliphatic heterocycles. The summed E-state index contributed by atoms with van der Waals surface area (Å²) in [6.07, 6.45) is 6.42. The highest BCUT2D eigenvalue weighted by Gasteiger charge is 2.21. The molecule has 2 rings (SSSR count). The molecule has 4 heteroatoms. The molecule has 0 amide bonds. The van der Waals surface area contributed by atoms with Crippen molar-refractivity contribution in [2.24, 2.45) is 0 Å². The third-order valence-corrected chi connectivity index (χ3v) is 3.13. The van der Waals surface area contributed by atoms with E-state index < -0.39 is 0 Å². The first-order chi connectivity index (χ1) is 7.18. The van der Waals surface area contributed by atoms with Crippen molar-refractivity contribution in [3.8, 4) is 0 Å². The molecule has 0 bridgehead atoms. The predicted octanol–water partition coefficient (Wildman–Crippen LogP) is 2.49. The molecule has 1 aromatic rings. The van der Waals surface area contributed by atoms with E-state index in [0.717, 1.165) is 5.82 Å². The summed E-state index contributed by atoms with van der Waals surface area (Å²) in [7, 11) is 0. The number of nitrogens with two attached hydrogens (primary N) is 1. The zero-order chi connectivity index (χ0) is 10.8. The van der Waals surface area contributed by atoms with Crippen LogP contribution < -0.4 is 5.73 Å². The van der Waals surface area contributed by atoms with Crippen molar-refractivity contribution in [2.75, 3.05) is 5.73 Å². The van der Waals surface area contributed by atoms with Crippen LogP contribution in [0.2, 0.25) is 0 Å². The predicted molar refractivity (Wildman–Crippen MR) is 60.6 cm³/mol. The van der Waals surface area contributed by atoms with Gasteiger partial charge in [-0.15, -0.1) is 0 Å². The van der Waals surface area contributed by atoms with Crippen LogP contribution in [-0.4, -0.2) is 14.8 Å². The topological polar surface area (TPSA) is 56.7 Å². The maximum Gasteiger partial charge on any atom is 0.218 e. The minimum Gasteiger partial charge on any atom is -0.368 e. The van der Waals surface area contributed by atoms with E-state index in [1.54, 1.807) is 0 Å². The molecule has 1 aliphatic carbocycles. The first kappa shape index (κ1) is 10.5. The van der Waals surface area contributed by atoms with Crippen LogP contribution in [0.4, 0.5) is 5.95 Å². The van der Waals surface area contributed by atoms with E-state index in [9.17, 15) is 0 Å². The van der Waals surface area contributed by atoms with Crippen molar-refractivity contribution in [1.82, 2.24) is 14.8 Å². The van der Waals surface area contributed by atoms with Gasteiger partial charge in [0.2, 0.25) is 5.95 Å². The van der Waals surface area contributed by atoms with E-state index in [1.807, 2.05) is 4.68 Å². The smallest absolute Gasteiger partial charge is 0.218 e. The van der Waals surface area contributed by atoms with Crippen molar-refractivity contribution in [3.05, 3.63) is 5.82 Å². The lowest BCUT2D eigenvalue weighted by molar-refractivity contribution is 0.422. The van der Waals surface area contributed by atoms with Crippen molar-refractivity contribution in [1.29, 1.82) is 0 Å². The number of nitrogen functional groups attached to an aromatic ring is 1. The molecule has 2 N–H and O–H groups in total. The maximum atomic E-state index is 5.84. The highest BCUT2D eigenvalue weighted by atomic mass is 15.4. The van der Waals surface area contributed by atoms with Crippen LogP contribution in [-0.2, 0) is 0 Å². The Morgan fingerprint density at radius 2 is 1.93 bits per heavy atom. The second-order valence-electron chi connectivity index (χ2n) is 4.70. The lowest BCUT2D eigenvalue weighted by Crippen LogP contribution is -2.09. The molecule has 0 atom stereocenters. The summed E-state index contributed by atoms with van der Waals surface area (Å²) in [6, 6.07) is 0.301. The average molecular weight is 208 g/mol. The first-order valence-electron chi connectivity index (χ1n) is 5.90. The minimum absolute atomic E-state index is 0.301. The van der Waals surface area contributed by atoms with Crippen molar-refractivity contribution < 1.29 is 0 Å². The van der Waals surface area contributed by atoms with Gasteiger partial charge in [-0.3, -0.25) is 0 Å². The van der Waals surface area contributed by atoms with Gasteiger partial charge in [-0.2, -0.15) is 10.1 Å². The Hall–Kier alpha value is -1.06. The molecule has 84 valence electrons. The molecule has 15 heavy (non-hydrogen) atoms. The van der Waals surface area contributed by atoms with Crippen molar-refractivity contribution in [2.45, 2.75) is 57.9 Å². The van der Waals surface area contributed by atoms with Crippen LogP contribution in [0.1, 0.15) is 63.7 Å². The fourth-order valence-corrected chi connectivity index (χ4v) is 2.27. The zero-order valence-corrected chi connectivity index (χ0v) is 9.61. The van der Waals surface area contributed by atoms with Crippen LogP contribution in [0, 0.1) is 0 Å². The number of hydrogen-bond acceptors (Lipinski definition) is 3. The van der Waals surface area contributed by atoms with Gasteiger partial charge in [0, 0.05) is 5.92 Å². The molecule has 0 spiro atoms. The number of rotatable bonds is 2. The lowest BCUT2D eigenvalue weighted by atomic mass is 9.89. The van der Waals surface area contributed by atoms with Crippen LogP contribution in [0.5, 0.6) is 0 Å². The summed E-state index contributed by atoms with van der Waals surface area (Å²) in [5, 5.41) is 4.51. The van der Waals surface area contributed by atoms with Gasteiger partial charge in [-0.05, 0) is 26.7 Å². The molecular formula is C11H20N4. The lowest BCUT2D eigenvalue weighted by Gasteiger charge is -2.18. The second kappa shape index (κ2) is 4.21. The van der Waals surface area contributed by atoms with Gasteiger partial charge in [-0.1, -0.05) is 19.3 Å². The Bertz CT molecular complexity index is 323. The summed E-state index contributed by atoms with van der Waals surface area (Å²) in [5.74, 6) is 2.06. The van der Waals surface area contributed by atoms with Gasteiger partial charge in [-0.25, -0.2) is 4.68 Å². The molecular weight excluding hydrogens is 188 g/mol. The summed E-state index contributed by atoms with van der Waals surface area (Å²) >= 11 is 0. The largest absolute Gasteiger partial charge is 0.368 e. The van der Waals surface area contributed by atoms with Crippen LogP contribution in [0.25, 0.3) is 0 Å². The third kappa shape index (κ3) is 2.13. The normalized spacial score (nSPS) is 18.6. The Morgan fingerprint density at radius 1 is 1.27 bits per heavy atom. The molecule has 0 saturated heterocycles. The molecule has 1 fully saturated rings. The van der Waals surface area contributed by atoms with Crippen molar-refractivity contribution >= 4 is 5.95 Å². The second-order valence-corrected chi connectivity index (χ2v) is 4.70. The number of hydrogen-bond donors (Lipinski definition) is 1. The molecule has 1 aliphatic rings. The van der Waals surface area contributed by atoms with Gasteiger partial charge < -0.3 is 5.73 Å². The fraction of sp³-hybridized carbons (Fsp3) is 0.818.